The van der Waals surface area contributed by atoms with Gasteiger partial charge in [0, 0.05) is 18.9 Å². The molecule has 0 N–H and O–H groups in total. The van der Waals surface area contributed by atoms with Crippen molar-refractivity contribution in [2.45, 2.75) is 26.9 Å². The molecule has 0 amide bonds. The Bertz CT molecular complexity index is 790. The largest absolute Gasteiger partial charge is 0.326 e. The van der Waals surface area contributed by atoms with E-state index in [1.54, 1.807) is 6.20 Å². The zero-order valence-corrected chi connectivity index (χ0v) is 12.2. The molecule has 5 nitrogen and oxygen atoms in total. The molecule has 3 aromatic rings. The van der Waals surface area contributed by atoms with Crippen molar-refractivity contribution in [1.82, 2.24) is 19.3 Å². The third-order valence-corrected chi connectivity index (χ3v) is 3.37. The Hall–Kier alpha value is -2.61. The molecule has 1 aromatic carbocycles. The van der Waals surface area contributed by atoms with Gasteiger partial charge in [0.1, 0.15) is 5.82 Å². The molecule has 0 atom stereocenters. The average molecular weight is 279 g/mol. The van der Waals surface area contributed by atoms with E-state index in [0.29, 0.717) is 18.0 Å². The van der Waals surface area contributed by atoms with Gasteiger partial charge in [-0.2, -0.15) is 10.4 Å². The van der Waals surface area contributed by atoms with Crippen LogP contribution in [-0.2, 0) is 13.1 Å². The highest BCUT2D eigenvalue weighted by Gasteiger charge is 2.13. The van der Waals surface area contributed by atoms with Crippen molar-refractivity contribution in [2.75, 3.05) is 0 Å². The van der Waals surface area contributed by atoms with Crippen LogP contribution in [0.2, 0.25) is 0 Å². The van der Waals surface area contributed by atoms with Crippen molar-refractivity contribution in [3.05, 3.63) is 48.0 Å². The zero-order chi connectivity index (χ0) is 14.8. The van der Waals surface area contributed by atoms with Gasteiger partial charge < -0.3 is 4.57 Å². The molecule has 5 heteroatoms. The number of hydrogen-bond donors (Lipinski definition) is 0. The Balaban J connectivity index is 2.10. The van der Waals surface area contributed by atoms with E-state index in [2.05, 4.69) is 29.6 Å². The number of hydrogen-bond acceptors (Lipinski definition) is 3. The van der Waals surface area contributed by atoms with Crippen molar-refractivity contribution in [3.63, 3.8) is 0 Å². The summed E-state index contributed by atoms with van der Waals surface area (Å²) < 4.78 is 4.09. The van der Waals surface area contributed by atoms with Gasteiger partial charge in [0.05, 0.1) is 29.2 Å². The first-order valence-electron chi connectivity index (χ1n) is 7.04. The van der Waals surface area contributed by atoms with Gasteiger partial charge in [-0.1, -0.05) is 13.8 Å². The zero-order valence-electron chi connectivity index (χ0n) is 12.2. The minimum Gasteiger partial charge on any atom is -0.326 e. The second-order valence-corrected chi connectivity index (χ2v) is 5.55. The molecule has 21 heavy (non-hydrogen) atoms. The van der Waals surface area contributed by atoms with E-state index in [0.717, 1.165) is 23.4 Å². The van der Waals surface area contributed by atoms with Crippen LogP contribution in [0.3, 0.4) is 0 Å². The van der Waals surface area contributed by atoms with Crippen LogP contribution in [0.25, 0.3) is 11.0 Å². The second kappa shape index (κ2) is 5.41. The monoisotopic (exact) mass is 279 g/mol. The number of nitriles is 1. The van der Waals surface area contributed by atoms with Crippen LogP contribution in [-0.4, -0.2) is 19.3 Å². The van der Waals surface area contributed by atoms with Gasteiger partial charge in [-0.3, -0.25) is 4.68 Å². The van der Waals surface area contributed by atoms with Gasteiger partial charge in [-0.15, -0.1) is 0 Å². The molecule has 0 radical (unpaired) electrons. The summed E-state index contributed by atoms with van der Waals surface area (Å²) in [5.74, 6) is 1.49. The van der Waals surface area contributed by atoms with Crippen molar-refractivity contribution in [1.29, 1.82) is 5.26 Å². The first-order chi connectivity index (χ1) is 10.2. The van der Waals surface area contributed by atoms with Crippen LogP contribution < -0.4 is 0 Å². The Morgan fingerprint density at radius 2 is 2.19 bits per heavy atom. The molecular weight excluding hydrogens is 262 g/mol. The molecule has 0 saturated carbocycles. The van der Waals surface area contributed by atoms with E-state index in [-0.39, 0.29) is 0 Å². The summed E-state index contributed by atoms with van der Waals surface area (Å²) in [6, 6.07) is 9.75. The minimum absolute atomic E-state index is 0.523. The number of imidazole rings is 1. The lowest BCUT2D eigenvalue weighted by molar-refractivity contribution is 0.504. The third-order valence-electron chi connectivity index (χ3n) is 3.37. The maximum atomic E-state index is 9.03. The molecule has 0 spiro atoms. The molecular formula is C16H17N5. The molecule has 0 aliphatic heterocycles. The highest BCUT2D eigenvalue weighted by molar-refractivity contribution is 5.77. The SMILES string of the molecule is CC(C)Cn1c(Cn2cccn2)nc2cc(C#N)ccc21. The number of aromatic nitrogens is 4. The standard InChI is InChI=1S/C16H17N5/c1-12(2)10-21-15-5-4-13(9-17)8-14(15)19-16(21)11-20-7-3-6-18-20/h3-8,12H,10-11H2,1-2H3. The highest BCUT2D eigenvalue weighted by Crippen LogP contribution is 2.20. The summed E-state index contributed by atoms with van der Waals surface area (Å²) in [5, 5.41) is 13.3. The van der Waals surface area contributed by atoms with Gasteiger partial charge in [-0.05, 0) is 30.2 Å². The average Bonchev–Trinajstić information content (AvgIpc) is 3.07. The molecule has 0 saturated heterocycles. The lowest BCUT2D eigenvalue weighted by Crippen LogP contribution is -2.12. The normalized spacial score (nSPS) is 11.1. The first kappa shape index (κ1) is 13.4. The Labute approximate surface area is 123 Å². The van der Waals surface area contributed by atoms with E-state index in [4.69, 9.17) is 10.2 Å². The molecule has 0 unspecified atom stereocenters. The summed E-state index contributed by atoms with van der Waals surface area (Å²) in [6.07, 6.45) is 3.70. The maximum Gasteiger partial charge on any atom is 0.131 e. The number of benzene rings is 1. The molecule has 0 bridgehead atoms. The van der Waals surface area contributed by atoms with Gasteiger partial charge in [-0.25, -0.2) is 4.98 Å². The minimum atomic E-state index is 0.523. The van der Waals surface area contributed by atoms with Gasteiger partial charge in [0.15, 0.2) is 0 Å². The third kappa shape index (κ3) is 2.65. The molecule has 0 aliphatic carbocycles. The van der Waals surface area contributed by atoms with Crippen molar-refractivity contribution >= 4 is 11.0 Å². The Morgan fingerprint density at radius 1 is 1.33 bits per heavy atom. The lowest BCUT2D eigenvalue weighted by atomic mass is 10.2. The fraction of sp³-hybridized carbons (Fsp3) is 0.312. The molecule has 3 rings (SSSR count). The van der Waals surface area contributed by atoms with E-state index in [1.165, 1.54) is 0 Å². The van der Waals surface area contributed by atoms with E-state index < -0.39 is 0 Å². The first-order valence-corrected chi connectivity index (χ1v) is 7.04. The summed E-state index contributed by atoms with van der Waals surface area (Å²) in [6.45, 7) is 5.91. The van der Waals surface area contributed by atoms with Gasteiger partial charge in [0.25, 0.3) is 0 Å². The fourth-order valence-electron chi connectivity index (χ4n) is 2.48. The summed E-state index contributed by atoms with van der Waals surface area (Å²) in [7, 11) is 0. The van der Waals surface area contributed by atoms with Crippen LogP contribution in [0.5, 0.6) is 0 Å². The second-order valence-electron chi connectivity index (χ2n) is 5.55. The van der Waals surface area contributed by atoms with Crippen LogP contribution in [0.15, 0.2) is 36.7 Å². The predicted molar refractivity (Wildman–Crippen MR) is 80.6 cm³/mol. The predicted octanol–water partition coefficient (Wildman–Crippen LogP) is 2.81. The Kier molecular flexibility index (Phi) is 3.44. The molecule has 106 valence electrons. The van der Waals surface area contributed by atoms with Crippen LogP contribution in [0.4, 0.5) is 0 Å². The fourth-order valence-corrected chi connectivity index (χ4v) is 2.48. The smallest absolute Gasteiger partial charge is 0.131 e. The summed E-state index contributed by atoms with van der Waals surface area (Å²) >= 11 is 0. The molecule has 0 fully saturated rings. The van der Waals surface area contributed by atoms with Gasteiger partial charge in [0.2, 0.25) is 0 Å². The van der Waals surface area contributed by atoms with E-state index >= 15 is 0 Å². The molecule has 0 aliphatic rings. The van der Waals surface area contributed by atoms with Gasteiger partial charge >= 0.3 is 0 Å². The van der Waals surface area contributed by atoms with E-state index in [1.807, 2.05) is 35.1 Å². The molecule has 2 aromatic heterocycles. The van der Waals surface area contributed by atoms with Crippen LogP contribution in [0, 0.1) is 17.2 Å². The molecule has 2 heterocycles. The highest BCUT2D eigenvalue weighted by atomic mass is 15.3. The van der Waals surface area contributed by atoms with Crippen LogP contribution in [0.1, 0.15) is 25.2 Å². The van der Waals surface area contributed by atoms with E-state index in [9.17, 15) is 0 Å². The lowest BCUT2D eigenvalue weighted by Gasteiger charge is -2.11. The summed E-state index contributed by atoms with van der Waals surface area (Å²) in [5.41, 5.74) is 2.59. The topological polar surface area (TPSA) is 59.4 Å². The summed E-state index contributed by atoms with van der Waals surface area (Å²) in [4.78, 5) is 4.70. The number of fused-ring (bicyclic) bond motifs is 1. The quantitative estimate of drug-likeness (QED) is 0.738. The maximum absolute atomic E-state index is 9.03. The van der Waals surface area contributed by atoms with Crippen molar-refractivity contribution < 1.29 is 0 Å². The van der Waals surface area contributed by atoms with Crippen molar-refractivity contribution in [3.8, 4) is 6.07 Å². The van der Waals surface area contributed by atoms with Crippen LogP contribution >= 0.6 is 0 Å². The Morgan fingerprint density at radius 3 is 2.86 bits per heavy atom. The number of nitrogens with zero attached hydrogens (tertiary/aromatic N) is 5. The number of rotatable bonds is 4. The van der Waals surface area contributed by atoms with Crippen molar-refractivity contribution in [2.24, 2.45) is 5.92 Å².